The second-order valence-electron chi connectivity index (χ2n) is 1.46. The fraction of sp³-hybridized carbons (Fsp3) is 0.333. The summed E-state index contributed by atoms with van der Waals surface area (Å²) in [5, 5.41) is 2.44. The molecule has 0 rings (SSSR count). The maximum atomic E-state index is 10.4. The average Bonchev–Trinajstić information content (AvgIpc) is 1.85. The Kier molecular flexibility index (Phi) is 4.40. The summed E-state index contributed by atoms with van der Waals surface area (Å²) < 4.78 is 0. The number of carbonyl (C=O) groups is 2. The van der Waals surface area contributed by atoms with E-state index in [0.29, 0.717) is 12.8 Å². The largest absolute Gasteiger partial charge is 0.352 e. The van der Waals surface area contributed by atoms with Gasteiger partial charge < -0.3 is 10.1 Å². The monoisotopic (exact) mass is 127 g/mol. The molecule has 0 saturated carbocycles. The van der Waals surface area contributed by atoms with E-state index in [1.54, 1.807) is 6.08 Å². The summed E-state index contributed by atoms with van der Waals surface area (Å²) in [4.78, 5) is 20.1. The van der Waals surface area contributed by atoms with Crippen LogP contribution in [-0.4, -0.2) is 18.7 Å². The molecule has 1 amide bonds. The molecule has 0 heterocycles. The van der Waals surface area contributed by atoms with Crippen molar-refractivity contribution in [3.8, 4) is 0 Å². The van der Waals surface area contributed by atoms with Crippen LogP contribution in [0.2, 0.25) is 0 Å². The minimum atomic E-state index is -0.259. The molecular weight excluding hydrogens is 118 g/mol. The first kappa shape index (κ1) is 7.88. The highest BCUT2D eigenvalue weighted by atomic mass is 16.2. The third-order valence-corrected chi connectivity index (χ3v) is 0.712. The van der Waals surface area contributed by atoms with Gasteiger partial charge in [-0.25, -0.2) is 0 Å². The maximum absolute atomic E-state index is 10.4. The Morgan fingerprint density at radius 2 is 2.33 bits per heavy atom. The van der Waals surface area contributed by atoms with Crippen molar-refractivity contribution in [2.75, 3.05) is 6.54 Å². The predicted octanol–water partition coefficient (Wildman–Crippen LogP) is -0.122. The molecule has 9 heavy (non-hydrogen) atoms. The Bertz CT molecular complexity index is 120. The van der Waals surface area contributed by atoms with Crippen molar-refractivity contribution < 1.29 is 9.59 Å². The van der Waals surface area contributed by atoms with Crippen LogP contribution in [0, 0.1) is 0 Å². The zero-order valence-electron chi connectivity index (χ0n) is 5.09. The molecule has 0 bridgehead atoms. The molecule has 50 valence electrons. The van der Waals surface area contributed by atoms with Crippen LogP contribution >= 0.6 is 0 Å². The predicted molar refractivity (Wildman–Crippen MR) is 33.9 cm³/mol. The number of amides is 1. The van der Waals surface area contributed by atoms with Gasteiger partial charge in [-0.3, -0.25) is 4.79 Å². The first-order valence-corrected chi connectivity index (χ1v) is 2.62. The number of hydrogen-bond donors (Lipinski definition) is 1. The molecule has 0 aliphatic carbocycles. The van der Waals surface area contributed by atoms with Gasteiger partial charge in [0.05, 0.1) is 6.42 Å². The number of aldehydes is 1. The molecule has 0 unspecified atom stereocenters. The Balaban J connectivity index is 3.26. The smallest absolute Gasteiger partial charge is 0.227 e. The van der Waals surface area contributed by atoms with E-state index in [-0.39, 0.29) is 12.3 Å². The molecule has 0 aromatic carbocycles. The number of nitrogens with one attached hydrogen (secondary N) is 1. The van der Waals surface area contributed by atoms with E-state index in [1.165, 1.54) is 0 Å². The standard InChI is InChI=1S/C6H9NO2/c1-2-4-7-6(9)3-5-8/h2,5H,1,3-4H2,(H,7,9). The zero-order valence-corrected chi connectivity index (χ0v) is 5.09. The van der Waals surface area contributed by atoms with E-state index in [0.717, 1.165) is 0 Å². The topological polar surface area (TPSA) is 46.2 Å². The van der Waals surface area contributed by atoms with Gasteiger partial charge in [-0.05, 0) is 0 Å². The molecule has 0 aliphatic heterocycles. The Labute approximate surface area is 53.7 Å². The number of rotatable bonds is 4. The first-order valence-electron chi connectivity index (χ1n) is 2.62. The average molecular weight is 127 g/mol. The van der Waals surface area contributed by atoms with E-state index < -0.39 is 0 Å². The van der Waals surface area contributed by atoms with Gasteiger partial charge in [0.25, 0.3) is 0 Å². The normalized spacial score (nSPS) is 8.00. The van der Waals surface area contributed by atoms with E-state index in [9.17, 15) is 9.59 Å². The van der Waals surface area contributed by atoms with Crippen LogP contribution in [0.15, 0.2) is 12.7 Å². The summed E-state index contributed by atoms with van der Waals surface area (Å²) >= 11 is 0. The lowest BCUT2D eigenvalue weighted by Crippen LogP contribution is -2.22. The molecule has 0 aromatic rings. The Morgan fingerprint density at radius 1 is 1.67 bits per heavy atom. The molecule has 0 fully saturated rings. The molecule has 0 saturated heterocycles. The van der Waals surface area contributed by atoms with Gasteiger partial charge >= 0.3 is 0 Å². The Hall–Kier alpha value is -1.12. The van der Waals surface area contributed by atoms with Crippen molar-refractivity contribution >= 4 is 12.2 Å². The second-order valence-corrected chi connectivity index (χ2v) is 1.46. The van der Waals surface area contributed by atoms with Crippen molar-refractivity contribution in [3.05, 3.63) is 12.7 Å². The van der Waals surface area contributed by atoms with Gasteiger partial charge in [0, 0.05) is 6.54 Å². The van der Waals surface area contributed by atoms with Crippen LogP contribution in [-0.2, 0) is 9.59 Å². The van der Waals surface area contributed by atoms with Gasteiger partial charge in [-0.1, -0.05) is 6.08 Å². The lowest BCUT2D eigenvalue weighted by molar-refractivity contribution is -0.123. The van der Waals surface area contributed by atoms with Crippen LogP contribution in [0.3, 0.4) is 0 Å². The van der Waals surface area contributed by atoms with Crippen molar-refractivity contribution in [3.63, 3.8) is 0 Å². The van der Waals surface area contributed by atoms with Crippen molar-refractivity contribution in [2.24, 2.45) is 0 Å². The SMILES string of the molecule is C=CCNC(=O)CC=O. The lowest BCUT2D eigenvalue weighted by Gasteiger charge is -1.94. The van der Waals surface area contributed by atoms with Crippen molar-refractivity contribution in [2.45, 2.75) is 6.42 Å². The minimum Gasteiger partial charge on any atom is -0.352 e. The highest BCUT2D eigenvalue weighted by Gasteiger charge is 1.93. The van der Waals surface area contributed by atoms with Crippen molar-refractivity contribution in [1.82, 2.24) is 5.32 Å². The third-order valence-electron chi connectivity index (χ3n) is 0.712. The van der Waals surface area contributed by atoms with E-state index in [4.69, 9.17) is 0 Å². The molecule has 0 aromatic heterocycles. The van der Waals surface area contributed by atoms with Crippen LogP contribution in [0.25, 0.3) is 0 Å². The van der Waals surface area contributed by atoms with Crippen LogP contribution in [0.5, 0.6) is 0 Å². The Morgan fingerprint density at radius 3 is 2.78 bits per heavy atom. The molecule has 0 atom stereocenters. The molecule has 3 heteroatoms. The highest BCUT2D eigenvalue weighted by molar-refractivity contribution is 5.87. The van der Waals surface area contributed by atoms with Crippen molar-refractivity contribution in [1.29, 1.82) is 0 Å². The maximum Gasteiger partial charge on any atom is 0.227 e. The summed E-state index contributed by atoms with van der Waals surface area (Å²) in [5.41, 5.74) is 0. The fourth-order valence-electron chi connectivity index (χ4n) is 0.334. The van der Waals surface area contributed by atoms with Gasteiger partial charge in [-0.2, -0.15) is 0 Å². The van der Waals surface area contributed by atoms with Gasteiger partial charge in [0.15, 0.2) is 0 Å². The molecule has 3 nitrogen and oxygen atoms in total. The number of carbonyl (C=O) groups excluding carboxylic acids is 2. The first-order chi connectivity index (χ1) is 4.31. The molecule has 0 spiro atoms. The summed E-state index contributed by atoms with van der Waals surface area (Å²) in [6.45, 7) is 3.81. The quantitative estimate of drug-likeness (QED) is 0.325. The minimum absolute atomic E-state index is 0.0617. The van der Waals surface area contributed by atoms with Crippen LogP contribution in [0.4, 0.5) is 0 Å². The summed E-state index contributed by atoms with van der Waals surface area (Å²) in [5.74, 6) is -0.259. The summed E-state index contributed by atoms with van der Waals surface area (Å²) in [7, 11) is 0. The van der Waals surface area contributed by atoms with Gasteiger partial charge in [0.2, 0.25) is 5.91 Å². The van der Waals surface area contributed by atoms with Gasteiger partial charge in [0.1, 0.15) is 6.29 Å². The molecule has 1 N–H and O–H groups in total. The van der Waals surface area contributed by atoms with Crippen LogP contribution in [0.1, 0.15) is 6.42 Å². The van der Waals surface area contributed by atoms with Gasteiger partial charge in [-0.15, -0.1) is 6.58 Å². The highest BCUT2D eigenvalue weighted by Crippen LogP contribution is 1.70. The lowest BCUT2D eigenvalue weighted by atomic mass is 10.4. The second kappa shape index (κ2) is 5.03. The third kappa shape index (κ3) is 4.74. The fourth-order valence-corrected chi connectivity index (χ4v) is 0.334. The summed E-state index contributed by atoms with van der Waals surface area (Å²) in [6, 6.07) is 0. The van der Waals surface area contributed by atoms with E-state index >= 15 is 0 Å². The van der Waals surface area contributed by atoms with E-state index in [1.807, 2.05) is 0 Å². The molecule has 0 aliphatic rings. The molecule has 0 radical (unpaired) electrons. The zero-order chi connectivity index (χ0) is 7.11. The van der Waals surface area contributed by atoms with E-state index in [2.05, 4.69) is 11.9 Å². The molecular formula is C6H9NO2. The van der Waals surface area contributed by atoms with Crippen LogP contribution < -0.4 is 5.32 Å². The number of hydrogen-bond acceptors (Lipinski definition) is 2. The summed E-state index contributed by atoms with van der Waals surface area (Å²) in [6.07, 6.45) is 2.06.